The van der Waals surface area contributed by atoms with E-state index in [0.717, 1.165) is 37.7 Å². The van der Waals surface area contributed by atoms with Crippen molar-refractivity contribution in [3.63, 3.8) is 0 Å². The molecule has 1 fully saturated rings. The van der Waals surface area contributed by atoms with Crippen LogP contribution in [0.25, 0.3) is 0 Å². The Hall–Kier alpha value is -0.800. The third-order valence-corrected chi connectivity index (χ3v) is 3.48. The number of piperazine rings is 1. The van der Waals surface area contributed by atoms with Crippen LogP contribution in [-0.2, 0) is 6.54 Å². The molecule has 1 aromatic heterocycles. The summed E-state index contributed by atoms with van der Waals surface area (Å²) in [5, 5.41) is 3.61. The maximum Gasteiger partial charge on any atom is 0.118 e. The second kappa shape index (κ2) is 4.83. The zero-order chi connectivity index (χ0) is 12.5. The maximum atomic E-state index is 5.65. The van der Waals surface area contributed by atoms with E-state index in [2.05, 4.69) is 37.1 Å². The average molecular weight is 236 g/mol. The summed E-state index contributed by atoms with van der Waals surface area (Å²) in [5.74, 6) is 2.08. The molecule has 0 bridgehead atoms. The van der Waals surface area contributed by atoms with E-state index in [1.54, 1.807) is 0 Å². The molecular weight excluding hydrogens is 212 g/mol. The monoisotopic (exact) mass is 236 g/mol. The normalized spacial score (nSPS) is 22.9. The zero-order valence-electron chi connectivity index (χ0n) is 11.4. The number of hydrogen-bond donors (Lipinski definition) is 1. The number of aryl methyl sites for hydroxylation is 1. The van der Waals surface area contributed by atoms with Crippen LogP contribution in [0.1, 0.15) is 32.3 Å². The van der Waals surface area contributed by atoms with E-state index >= 15 is 0 Å². The Bertz CT molecular complexity index is 365. The van der Waals surface area contributed by atoms with Gasteiger partial charge in [0, 0.05) is 25.7 Å². The van der Waals surface area contributed by atoms with Crippen LogP contribution in [0.5, 0.6) is 0 Å². The molecule has 0 amide bonds. The summed E-state index contributed by atoms with van der Waals surface area (Å²) in [7, 11) is 0. The second-order valence-corrected chi connectivity index (χ2v) is 6.12. The van der Waals surface area contributed by atoms with Crippen molar-refractivity contribution in [2.45, 2.75) is 40.3 Å². The van der Waals surface area contributed by atoms with Crippen LogP contribution < -0.4 is 5.32 Å². The van der Waals surface area contributed by atoms with Crippen LogP contribution >= 0.6 is 0 Å². The topological polar surface area (TPSA) is 28.4 Å². The van der Waals surface area contributed by atoms with E-state index in [-0.39, 0.29) is 0 Å². The number of nitrogens with zero attached hydrogens (tertiary/aromatic N) is 1. The van der Waals surface area contributed by atoms with Gasteiger partial charge in [-0.25, -0.2) is 0 Å². The zero-order valence-corrected chi connectivity index (χ0v) is 11.4. The Morgan fingerprint density at radius 1 is 1.41 bits per heavy atom. The van der Waals surface area contributed by atoms with Crippen LogP contribution in [0.4, 0.5) is 0 Å². The number of furan rings is 1. The maximum absolute atomic E-state index is 5.65. The highest BCUT2D eigenvalue weighted by atomic mass is 16.3. The Morgan fingerprint density at radius 2 is 2.18 bits per heavy atom. The lowest BCUT2D eigenvalue weighted by Gasteiger charge is -2.40. The first kappa shape index (κ1) is 12.7. The van der Waals surface area contributed by atoms with E-state index in [4.69, 9.17) is 4.42 Å². The molecule has 1 N–H and O–H groups in total. The van der Waals surface area contributed by atoms with E-state index in [1.807, 2.05) is 13.0 Å². The molecule has 1 saturated heterocycles. The van der Waals surface area contributed by atoms with Crippen molar-refractivity contribution in [2.24, 2.45) is 5.41 Å². The number of nitrogens with one attached hydrogen (secondary N) is 1. The van der Waals surface area contributed by atoms with Gasteiger partial charge in [-0.05, 0) is 24.5 Å². The van der Waals surface area contributed by atoms with Gasteiger partial charge >= 0.3 is 0 Å². The van der Waals surface area contributed by atoms with Gasteiger partial charge in [-0.1, -0.05) is 20.8 Å². The molecule has 3 heteroatoms. The highest BCUT2D eigenvalue weighted by Gasteiger charge is 2.29. The minimum atomic E-state index is 0.317. The summed E-state index contributed by atoms with van der Waals surface area (Å²) < 4.78 is 5.65. The van der Waals surface area contributed by atoms with Crippen molar-refractivity contribution in [3.8, 4) is 0 Å². The molecule has 1 aliphatic rings. The fraction of sp³-hybridized carbons (Fsp3) is 0.714. The van der Waals surface area contributed by atoms with E-state index < -0.39 is 0 Å². The molecule has 0 spiro atoms. The largest absolute Gasteiger partial charge is 0.465 e. The summed E-state index contributed by atoms with van der Waals surface area (Å²) in [6.45, 7) is 13.1. The first-order valence-electron chi connectivity index (χ1n) is 6.46. The van der Waals surface area contributed by atoms with Gasteiger partial charge in [0.2, 0.25) is 0 Å². The quantitative estimate of drug-likeness (QED) is 0.855. The van der Waals surface area contributed by atoms with Crippen LogP contribution in [0.2, 0.25) is 0 Å². The summed E-state index contributed by atoms with van der Waals surface area (Å²) >= 11 is 0. The molecule has 1 aliphatic heterocycles. The first-order chi connectivity index (χ1) is 7.95. The molecule has 2 heterocycles. The Labute approximate surface area is 104 Å². The molecule has 1 aromatic rings. The molecule has 1 unspecified atom stereocenters. The van der Waals surface area contributed by atoms with Crippen molar-refractivity contribution in [1.29, 1.82) is 0 Å². The highest BCUT2D eigenvalue weighted by Crippen LogP contribution is 2.22. The van der Waals surface area contributed by atoms with Crippen molar-refractivity contribution in [3.05, 3.63) is 23.7 Å². The lowest BCUT2D eigenvalue weighted by Crippen LogP contribution is -2.55. The molecule has 2 rings (SSSR count). The minimum absolute atomic E-state index is 0.317. The predicted molar refractivity (Wildman–Crippen MR) is 70.0 cm³/mol. The SMILES string of the molecule is Cc1ccc(CN2CCNC(C(C)(C)C)C2)o1. The average Bonchev–Trinajstić information content (AvgIpc) is 2.63. The van der Waals surface area contributed by atoms with E-state index in [9.17, 15) is 0 Å². The standard InChI is InChI=1S/C14H24N2O/c1-11-5-6-12(17-11)9-16-8-7-15-13(10-16)14(2,3)4/h5-6,13,15H,7-10H2,1-4H3. The summed E-state index contributed by atoms with van der Waals surface area (Å²) in [4.78, 5) is 2.48. The molecule has 96 valence electrons. The van der Waals surface area contributed by atoms with Gasteiger partial charge in [-0.3, -0.25) is 4.90 Å². The van der Waals surface area contributed by atoms with Gasteiger partial charge in [0.1, 0.15) is 11.5 Å². The molecule has 1 atom stereocenters. The third kappa shape index (κ3) is 3.33. The highest BCUT2D eigenvalue weighted by molar-refractivity contribution is 5.05. The Morgan fingerprint density at radius 3 is 2.76 bits per heavy atom. The molecule has 3 nitrogen and oxygen atoms in total. The molecule has 0 aromatic carbocycles. The molecular formula is C14H24N2O. The minimum Gasteiger partial charge on any atom is -0.465 e. The molecule has 0 radical (unpaired) electrons. The summed E-state index contributed by atoms with van der Waals surface area (Å²) in [6, 6.07) is 4.69. The van der Waals surface area contributed by atoms with Crippen molar-refractivity contribution in [2.75, 3.05) is 19.6 Å². The van der Waals surface area contributed by atoms with Gasteiger partial charge in [0.15, 0.2) is 0 Å². The van der Waals surface area contributed by atoms with E-state index in [1.165, 1.54) is 0 Å². The number of hydrogen-bond acceptors (Lipinski definition) is 3. The molecule has 0 aliphatic carbocycles. The number of rotatable bonds is 2. The first-order valence-corrected chi connectivity index (χ1v) is 6.46. The third-order valence-electron chi connectivity index (χ3n) is 3.48. The molecule has 17 heavy (non-hydrogen) atoms. The van der Waals surface area contributed by atoms with Gasteiger partial charge in [-0.15, -0.1) is 0 Å². The predicted octanol–water partition coefficient (Wildman–Crippen LogP) is 2.41. The van der Waals surface area contributed by atoms with Crippen LogP contribution in [0.3, 0.4) is 0 Å². The molecule has 0 saturated carbocycles. The van der Waals surface area contributed by atoms with Gasteiger partial charge in [0.25, 0.3) is 0 Å². The summed E-state index contributed by atoms with van der Waals surface area (Å²) in [5.41, 5.74) is 0.317. The second-order valence-electron chi connectivity index (χ2n) is 6.12. The lowest BCUT2D eigenvalue weighted by molar-refractivity contribution is 0.122. The van der Waals surface area contributed by atoms with Gasteiger partial charge in [-0.2, -0.15) is 0 Å². The van der Waals surface area contributed by atoms with Crippen LogP contribution in [0, 0.1) is 12.3 Å². The van der Waals surface area contributed by atoms with Crippen molar-refractivity contribution < 1.29 is 4.42 Å². The van der Waals surface area contributed by atoms with Crippen LogP contribution in [-0.4, -0.2) is 30.6 Å². The summed E-state index contributed by atoms with van der Waals surface area (Å²) in [6.07, 6.45) is 0. The van der Waals surface area contributed by atoms with Gasteiger partial charge < -0.3 is 9.73 Å². The fourth-order valence-corrected chi connectivity index (χ4v) is 2.33. The van der Waals surface area contributed by atoms with Gasteiger partial charge in [0.05, 0.1) is 6.54 Å². The smallest absolute Gasteiger partial charge is 0.118 e. The Kier molecular flexibility index (Phi) is 3.59. The Balaban J connectivity index is 1.94. The van der Waals surface area contributed by atoms with Crippen molar-refractivity contribution >= 4 is 0 Å². The lowest BCUT2D eigenvalue weighted by atomic mass is 9.85. The van der Waals surface area contributed by atoms with E-state index in [0.29, 0.717) is 11.5 Å². The van der Waals surface area contributed by atoms with Crippen LogP contribution in [0.15, 0.2) is 16.5 Å². The van der Waals surface area contributed by atoms with Crippen molar-refractivity contribution in [1.82, 2.24) is 10.2 Å². The fourth-order valence-electron chi connectivity index (χ4n) is 2.33.